The van der Waals surface area contributed by atoms with Gasteiger partial charge >= 0.3 is 0 Å². The summed E-state index contributed by atoms with van der Waals surface area (Å²) in [7, 11) is 0. The van der Waals surface area contributed by atoms with Crippen molar-refractivity contribution in [2.75, 3.05) is 11.1 Å². The number of nitrogen functional groups attached to an aromatic ring is 1. The van der Waals surface area contributed by atoms with Crippen LogP contribution in [0.15, 0.2) is 35.8 Å². The number of rotatable bonds is 3. The number of aromatic nitrogens is 2. The highest BCUT2D eigenvalue weighted by Gasteiger charge is 2.61. The monoisotopic (exact) mass is 364 g/mol. The Bertz CT molecular complexity index is 924. The van der Waals surface area contributed by atoms with Gasteiger partial charge in [-0.05, 0) is 31.8 Å². The van der Waals surface area contributed by atoms with Crippen molar-refractivity contribution in [3.63, 3.8) is 0 Å². The molecule has 0 spiro atoms. The summed E-state index contributed by atoms with van der Waals surface area (Å²) in [6, 6.07) is 1.53. The van der Waals surface area contributed by atoms with Gasteiger partial charge in [-0.25, -0.2) is 14.9 Å². The van der Waals surface area contributed by atoms with E-state index in [9.17, 15) is 14.9 Å². The summed E-state index contributed by atoms with van der Waals surface area (Å²) < 4.78 is 0. The zero-order chi connectivity index (χ0) is 19.2. The summed E-state index contributed by atoms with van der Waals surface area (Å²) >= 11 is 0. The Hall–Kier alpha value is -3.21. The third-order valence-corrected chi connectivity index (χ3v) is 6.02. The van der Waals surface area contributed by atoms with Crippen LogP contribution in [-0.2, 0) is 9.59 Å². The molecule has 3 N–H and O–H groups in total. The summed E-state index contributed by atoms with van der Waals surface area (Å²) in [6.45, 7) is 1.87. The van der Waals surface area contributed by atoms with E-state index in [0.717, 1.165) is 25.7 Å². The number of Topliss-reactive ketones (excluding diaryl/α,β-unsaturated/α-hetero) is 1. The van der Waals surface area contributed by atoms with E-state index in [1.807, 2.05) is 13.1 Å². The van der Waals surface area contributed by atoms with Crippen molar-refractivity contribution in [2.45, 2.75) is 38.1 Å². The van der Waals surface area contributed by atoms with E-state index >= 15 is 0 Å². The molecule has 1 saturated carbocycles. The average molecular weight is 364 g/mol. The first-order valence-electron chi connectivity index (χ1n) is 9.01. The first-order chi connectivity index (χ1) is 13.0. The fourth-order valence-electron chi connectivity index (χ4n) is 4.66. The first kappa shape index (κ1) is 17.2. The summed E-state index contributed by atoms with van der Waals surface area (Å²) in [5, 5.41) is 12.6. The number of anilines is 2. The van der Waals surface area contributed by atoms with E-state index < -0.39 is 11.5 Å². The fourth-order valence-corrected chi connectivity index (χ4v) is 4.66. The highest BCUT2D eigenvalue weighted by atomic mass is 16.2. The molecule has 2 atom stereocenters. The zero-order valence-electron chi connectivity index (χ0n) is 15.0. The lowest BCUT2D eigenvalue weighted by atomic mass is 9.70. The second-order valence-corrected chi connectivity index (χ2v) is 7.40. The van der Waals surface area contributed by atoms with Crippen molar-refractivity contribution < 1.29 is 9.59 Å². The Morgan fingerprint density at radius 3 is 2.70 bits per heavy atom. The second-order valence-electron chi connectivity index (χ2n) is 7.40. The number of likely N-dealkylation sites (tertiary alicyclic amines) is 1. The van der Waals surface area contributed by atoms with Gasteiger partial charge in [0.1, 0.15) is 18.0 Å². The van der Waals surface area contributed by atoms with Crippen molar-refractivity contribution in [2.24, 2.45) is 11.8 Å². The third kappa shape index (κ3) is 2.50. The van der Waals surface area contributed by atoms with Crippen LogP contribution in [0.5, 0.6) is 0 Å². The molecule has 0 radical (unpaired) electrons. The van der Waals surface area contributed by atoms with Gasteiger partial charge in [-0.2, -0.15) is 5.26 Å². The standard InChI is InChI=1S/C19H20N6O2/c1-19(11-4-2-3-5-11)16-12(18(27)25(19)9-20)6-7-13(17(16)26)24-15-8-14(21)22-10-23-15/h6-8,10-11,16H,2-5H2,1H3,(H3,21,22,23,24). The molecule has 3 aliphatic rings. The van der Waals surface area contributed by atoms with E-state index in [1.165, 1.54) is 17.3 Å². The van der Waals surface area contributed by atoms with E-state index in [1.54, 1.807) is 12.2 Å². The number of ketones is 1. The van der Waals surface area contributed by atoms with Gasteiger partial charge in [-0.15, -0.1) is 0 Å². The molecule has 1 amide bonds. The van der Waals surface area contributed by atoms with Crippen LogP contribution < -0.4 is 11.1 Å². The highest BCUT2D eigenvalue weighted by Crippen LogP contribution is 2.51. The van der Waals surface area contributed by atoms with Crippen molar-refractivity contribution in [1.82, 2.24) is 14.9 Å². The van der Waals surface area contributed by atoms with Crippen LogP contribution in [0.3, 0.4) is 0 Å². The Labute approximate surface area is 156 Å². The number of nitrogens with zero attached hydrogens (tertiary/aromatic N) is 4. The Morgan fingerprint density at radius 1 is 1.30 bits per heavy atom. The number of nitrogens with two attached hydrogens (primary N) is 1. The molecular formula is C19H20N6O2. The minimum atomic E-state index is -0.836. The number of nitrogens with one attached hydrogen (secondary N) is 1. The van der Waals surface area contributed by atoms with Crippen LogP contribution in [0.4, 0.5) is 11.6 Å². The van der Waals surface area contributed by atoms with Crippen LogP contribution in [-0.4, -0.2) is 32.1 Å². The normalized spacial score (nSPS) is 27.9. The lowest BCUT2D eigenvalue weighted by molar-refractivity contribution is -0.126. The van der Waals surface area contributed by atoms with Crippen LogP contribution in [0, 0.1) is 23.3 Å². The van der Waals surface area contributed by atoms with E-state index in [-0.39, 0.29) is 23.4 Å². The van der Waals surface area contributed by atoms with Crippen LogP contribution >= 0.6 is 0 Å². The largest absolute Gasteiger partial charge is 0.384 e. The molecule has 27 heavy (non-hydrogen) atoms. The molecule has 2 fully saturated rings. The van der Waals surface area contributed by atoms with Gasteiger partial charge in [0.2, 0.25) is 0 Å². The van der Waals surface area contributed by atoms with Gasteiger partial charge in [0, 0.05) is 11.6 Å². The third-order valence-electron chi connectivity index (χ3n) is 6.02. The number of nitriles is 1. The Balaban J connectivity index is 1.72. The second kappa shape index (κ2) is 6.20. The highest BCUT2D eigenvalue weighted by molar-refractivity contribution is 6.13. The molecule has 2 aliphatic carbocycles. The van der Waals surface area contributed by atoms with Gasteiger partial charge in [-0.1, -0.05) is 18.9 Å². The molecule has 1 aliphatic heterocycles. The number of carbonyl (C=O) groups excluding carboxylic acids is 2. The van der Waals surface area contributed by atoms with Crippen molar-refractivity contribution >= 4 is 23.3 Å². The van der Waals surface area contributed by atoms with Gasteiger partial charge < -0.3 is 11.1 Å². The van der Waals surface area contributed by atoms with Crippen molar-refractivity contribution in [3.05, 3.63) is 35.8 Å². The maximum Gasteiger partial charge on any atom is 0.264 e. The minimum Gasteiger partial charge on any atom is -0.384 e. The molecule has 1 saturated heterocycles. The molecule has 4 rings (SSSR count). The lowest BCUT2D eigenvalue weighted by Gasteiger charge is -2.40. The number of carbonyl (C=O) groups is 2. The van der Waals surface area contributed by atoms with Crippen LogP contribution in [0.2, 0.25) is 0 Å². The molecular weight excluding hydrogens is 344 g/mol. The number of allylic oxidation sites excluding steroid dienone is 3. The zero-order valence-corrected chi connectivity index (χ0v) is 15.0. The van der Waals surface area contributed by atoms with Crippen molar-refractivity contribution in [1.29, 1.82) is 5.26 Å². The lowest BCUT2D eigenvalue weighted by Crippen LogP contribution is -2.52. The molecule has 8 nitrogen and oxygen atoms in total. The minimum absolute atomic E-state index is 0.120. The first-order valence-corrected chi connectivity index (χ1v) is 9.01. The molecule has 0 bridgehead atoms. The van der Waals surface area contributed by atoms with Crippen LogP contribution in [0.1, 0.15) is 32.6 Å². The Morgan fingerprint density at radius 2 is 2.04 bits per heavy atom. The number of amides is 1. The number of fused-ring (bicyclic) bond motifs is 1. The number of hydrogen-bond acceptors (Lipinski definition) is 7. The maximum absolute atomic E-state index is 13.3. The van der Waals surface area contributed by atoms with Crippen LogP contribution in [0.25, 0.3) is 0 Å². The summed E-state index contributed by atoms with van der Waals surface area (Å²) in [6.07, 6.45) is 10.5. The van der Waals surface area contributed by atoms with Gasteiger partial charge in [0.05, 0.1) is 17.2 Å². The predicted molar refractivity (Wildman–Crippen MR) is 97.6 cm³/mol. The quantitative estimate of drug-likeness (QED) is 0.783. The molecule has 138 valence electrons. The van der Waals surface area contributed by atoms with Crippen molar-refractivity contribution in [3.8, 4) is 6.19 Å². The van der Waals surface area contributed by atoms with Gasteiger partial charge in [0.15, 0.2) is 12.0 Å². The molecule has 2 heterocycles. The molecule has 0 aromatic carbocycles. The smallest absolute Gasteiger partial charge is 0.264 e. The summed E-state index contributed by atoms with van der Waals surface area (Å²) in [5.74, 6) is -0.426. The van der Waals surface area contributed by atoms with E-state index in [0.29, 0.717) is 17.1 Å². The van der Waals surface area contributed by atoms with E-state index in [4.69, 9.17) is 5.73 Å². The predicted octanol–water partition coefficient (Wildman–Crippen LogP) is 1.75. The fraction of sp³-hybridized carbons (Fsp3) is 0.421. The molecule has 1 aromatic rings. The molecule has 1 aromatic heterocycles. The molecule has 2 unspecified atom stereocenters. The summed E-state index contributed by atoms with van der Waals surface area (Å²) in [5.41, 5.74) is 5.56. The van der Waals surface area contributed by atoms with Gasteiger partial charge in [0.25, 0.3) is 5.91 Å². The number of hydrogen-bond donors (Lipinski definition) is 2. The van der Waals surface area contributed by atoms with Gasteiger partial charge in [-0.3, -0.25) is 9.59 Å². The average Bonchev–Trinajstić information content (AvgIpc) is 3.25. The van der Waals surface area contributed by atoms with E-state index in [2.05, 4.69) is 15.3 Å². The topological polar surface area (TPSA) is 125 Å². The maximum atomic E-state index is 13.3. The molecule has 8 heteroatoms. The Kier molecular flexibility index (Phi) is 3.95. The summed E-state index contributed by atoms with van der Waals surface area (Å²) in [4.78, 5) is 35.3. The SMILES string of the molecule is CC1(C2CCCC2)C2C(=O)C(Nc3cc(N)ncn3)=CC=C2C(=O)N1C#N.